The number of azo groups is 1. The molecule has 0 saturated carbocycles. The highest BCUT2D eigenvalue weighted by Gasteiger charge is 2.03. The maximum Gasteiger partial charge on any atom is 0.120 e. The van der Waals surface area contributed by atoms with Gasteiger partial charge in [0, 0.05) is 0 Å². The Hall–Kier alpha value is -4.16. The highest BCUT2D eigenvalue weighted by atomic mass is 16.5. The van der Waals surface area contributed by atoms with Crippen molar-refractivity contribution in [2.75, 3.05) is 13.2 Å². The molecule has 0 radical (unpaired) electrons. The van der Waals surface area contributed by atoms with Gasteiger partial charge in [-0.05, 0) is 80.3 Å². The molecular weight excluding hydrogens is 400 g/mol. The van der Waals surface area contributed by atoms with Gasteiger partial charge >= 0.3 is 0 Å². The van der Waals surface area contributed by atoms with Crippen molar-refractivity contribution in [1.29, 1.82) is 10.5 Å². The van der Waals surface area contributed by atoms with Crippen LogP contribution in [0.15, 0.2) is 83.0 Å². The van der Waals surface area contributed by atoms with Crippen molar-refractivity contribution in [2.24, 2.45) is 10.2 Å². The van der Waals surface area contributed by atoms with Gasteiger partial charge in [0.1, 0.15) is 23.6 Å². The minimum Gasteiger partial charge on any atom is -0.494 e. The first-order valence-corrected chi connectivity index (χ1v) is 10.6. The third-order valence-electron chi connectivity index (χ3n) is 4.68. The zero-order valence-electron chi connectivity index (χ0n) is 17.8. The van der Waals surface area contributed by atoms with E-state index in [-0.39, 0.29) is 0 Å². The predicted molar refractivity (Wildman–Crippen MR) is 122 cm³/mol. The summed E-state index contributed by atoms with van der Waals surface area (Å²) < 4.78 is 11.5. The number of benzene rings is 3. The van der Waals surface area contributed by atoms with Gasteiger partial charge in [0.05, 0.1) is 35.7 Å². The minimum atomic E-state index is 0.342. The molecule has 3 rings (SSSR count). The van der Waals surface area contributed by atoms with Gasteiger partial charge in [-0.15, -0.1) is 0 Å². The molecule has 32 heavy (non-hydrogen) atoms. The van der Waals surface area contributed by atoms with Gasteiger partial charge in [-0.3, -0.25) is 0 Å². The zero-order valence-corrected chi connectivity index (χ0v) is 17.8. The molecule has 0 spiro atoms. The van der Waals surface area contributed by atoms with Crippen LogP contribution in [0, 0.1) is 22.7 Å². The average molecular weight is 425 g/mol. The Balaban J connectivity index is 1.28. The lowest BCUT2D eigenvalue weighted by Crippen LogP contribution is -2.00. The highest BCUT2D eigenvalue weighted by molar-refractivity contribution is 5.49. The van der Waals surface area contributed by atoms with Crippen molar-refractivity contribution in [3.8, 4) is 23.6 Å². The summed E-state index contributed by atoms with van der Waals surface area (Å²) in [6.07, 6.45) is 3.96. The first-order valence-electron chi connectivity index (χ1n) is 10.6. The smallest absolute Gasteiger partial charge is 0.120 e. The first-order chi connectivity index (χ1) is 15.8. The molecule has 0 aliphatic carbocycles. The maximum absolute atomic E-state index is 9.05. The van der Waals surface area contributed by atoms with Crippen molar-refractivity contribution in [1.82, 2.24) is 0 Å². The summed E-state index contributed by atoms with van der Waals surface area (Å²) in [5, 5.41) is 26.4. The third kappa shape index (κ3) is 7.27. The van der Waals surface area contributed by atoms with Crippen molar-refractivity contribution < 1.29 is 9.47 Å². The van der Waals surface area contributed by atoms with Gasteiger partial charge in [-0.1, -0.05) is 18.2 Å². The molecular formula is C26H24N4O2. The monoisotopic (exact) mass is 424 g/mol. The van der Waals surface area contributed by atoms with Gasteiger partial charge in [0.25, 0.3) is 0 Å². The van der Waals surface area contributed by atoms with Gasteiger partial charge in [0.2, 0.25) is 0 Å². The van der Waals surface area contributed by atoms with Gasteiger partial charge in [-0.2, -0.15) is 20.8 Å². The quantitative estimate of drug-likeness (QED) is 0.248. The fourth-order valence-electron chi connectivity index (χ4n) is 2.96. The van der Waals surface area contributed by atoms with Crippen molar-refractivity contribution in [2.45, 2.75) is 25.7 Å². The van der Waals surface area contributed by atoms with E-state index >= 15 is 0 Å². The lowest BCUT2D eigenvalue weighted by atomic mass is 10.1. The molecule has 0 unspecified atom stereocenters. The SMILES string of the molecule is N#Cc1ccc(OCCCCCCOc2ccc(N=Nc3ccccc3)cc2)cc1C#N. The number of hydrogen-bond donors (Lipinski definition) is 0. The third-order valence-corrected chi connectivity index (χ3v) is 4.68. The molecule has 3 aromatic carbocycles. The molecule has 0 N–H and O–H groups in total. The van der Waals surface area contributed by atoms with Gasteiger partial charge < -0.3 is 9.47 Å². The average Bonchev–Trinajstić information content (AvgIpc) is 2.85. The number of nitriles is 2. The molecule has 0 aliphatic rings. The summed E-state index contributed by atoms with van der Waals surface area (Å²) in [6, 6.07) is 26.2. The Labute approximate surface area is 188 Å². The van der Waals surface area contributed by atoms with Crippen LogP contribution >= 0.6 is 0 Å². The molecule has 0 atom stereocenters. The fraction of sp³-hybridized carbons (Fsp3) is 0.231. The van der Waals surface area contributed by atoms with Gasteiger partial charge in [-0.25, -0.2) is 0 Å². The summed E-state index contributed by atoms with van der Waals surface area (Å²) in [5.74, 6) is 1.44. The van der Waals surface area contributed by atoms with Crippen molar-refractivity contribution >= 4 is 11.4 Å². The second kappa shape index (κ2) is 12.5. The summed E-state index contributed by atoms with van der Waals surface area (Å²) >= 11 is 0. The number of unbranched alkanes of at least 4 members (excludes halogenated alkanes) is 3. The van der Waals surface area contributed by atoms with E-state index in [1.807, 2.05) is 66.7 Å². The van der Waals surface area contributed by atoms with E-state index in [1.165, 1.54) is 0 Å². The summed E-state index contributed by atoms with van der Waals surface area (Å²) in [6.45, 7) is 1.24. The Bertz CT molecular complexity index is 1100. The number of nitrogens with zero attached hydrogens (tertiary/aromatic N) is 4. The molecule has 160 valence electrons. The molecule has 6 nitrogen and oxygen atoms in total. The predicted octanol–water partition coefficient (Wildman–Crippen LogP) is 6.86. The second-order valence-corrected chi connectivity index (χ2v) is 7.07. The molecule has 0 bridgehead atoms. The maximum atomic E-state index is 9.05. The van der Waals surface area contributed by atoms with Crippen LogP contribution in [0.1, 0.15) is 36.8 Å². The van der Waals surface area contributed by atoms with E-state index in [0.29, 0.717) is 30.1 Å². The molecule has 6 heteroatoms. The summed E-state index contributed by atoms with van der Waals surface area (Å²) in [5.41, 5.74) is 2.31. The molecule has 0 fully saturated rings. The standard InChI is InChI=1S/C26H24N4O2/c27-19-21-10-13-26(18-22(21)20-28)32-17-7-2-1-6-16-31-25-14-11-24(12-15-25)30-29-23-8-4-3-5-9-23/h3-5,8-15,18H,1-2,6-7,16-17H2. The Morgan fingerprint density at radius 2 is 1.16 bits per heavy atom. The Morgan fingerprint density at radius 3 is 1.78 bits per heavy atom. The first kappa shape index (κ1) is 22.5. The number of rotatable bonds is 11. The Kier molecular flexibility index (Phi) is 8.81. The molecule has 0 saturated heterocycles. The molecule has 3 aromatic rings. The van der Waals surface area contributed by atoms with Crippen LogP contribution in [0.4, 0.5) is 11.4 Å². The molecule has 0 aliphatic heterocycles. The van der Waals surface area contributed by atoms with Crippen LogP contribution in [-0.2, 0) is 0 Å². The topological polar surface area (TPSA) is 90.8 Å². The molecule has 0 heterocycles. The number of ether oxygens (including phenoxy) is 2. The van der Waals surface area contributed by atoms with E-state index in [0.717, 1.165) is 42.8 Å². The molecule has 0 aromatic heterocycles. The van der Waals surface area contributed by atoms with Gasteiger partial charge in [0.15, 0.2) is 0 Å². The minimum absolute atomic E-state index is 0.342. The van der Waals surface area contributed by atoms with E-state index in [9.17, 15) is 0 Å². The second-order valence-electron chi connectivity index (χ2n) is 7.07. The largest absolute Gasteiger partial charge is 0.494 e. The summed E-state index contributed by atoms with van der Waals surface area (Å²) in [4.78, 5) is 0. The normalized spacial score (nSPS) is 10.4. The lowest BCUT2D eigenvalue weighted by Gasteiger charge is -2.08. The van der Waals surface area contributed by atoms with E-state index in [1.54, 1.807) is 18.2 Å². The lowest BCUT2D eigenvalue weighted by molar-refractivity contribution is 0.287. The van der Waals surface area contributed by atoms with Crippen molar-refractivity contribution in [3.05, 3.63) is 83.9 Å². The Morgan fingerprint density at radius 1 is 0.594 bits per heavy atom. The van der Waals surface area contributed by atoms with Crippen LogP contribution in [0.5, 0.6) is 11.5 Å². The van der Waals surface area contributed by atoms with E-state index in [2.05, 4.69) is 10.2 Å². The van der Waals surface area contributed by atoms with Crippen LogP contribution in [0.25, 0.3) is 0 Å². The van der Waals surface area contributed by atoms with Crippen LogP contribution < -0.4 is 9.47 Å². The van der Waals surface area contributed by atoms with Crippen LogP contribution in [0.2, 0.25) is 0 Å². The van der Waals surface area contributed by atoms with Crippen LogP contribution in [-0.4, -0.2) is 13.2 Å². The number of hydrogen-bond acceptors (Lipinski definition) is 6. The fourth-order valence-corrected chi connectivity index (χ4v) is 2.96. The highest BCUT2D eigenvalue weighted by Crippen LogP contribution is 2.21. The molecule has 0 amide bonds. The summed E-state index contributed by atoms with van der Waals surface area (Å²) in [7, 11) is 0. The van der Waals surface area contributed by atoms with Crippen molar-refractivity contribution in [3.63, 3.8) is 0 Å². The van der Waals surface area contributed by atoms with E-state index in [4.69, 9.17) is 20.0 Å². The zero-order chi connectivity index (χ0) is 22.4. The van der Waals surface area contributed by atoms with E-state index < -0.39 is 0 Å². The van der Waals surface area contributed by atoms with Crippen LogP contribution in [0.3, 0.4) is 0 Å².